The molecule has 1 heterocycles. The van der Waals surface area contributed by atoms with Crippen LogP contribution < -0.4 is 16.4 Å². The number of rotatable bonds is 5. The van der Waals surface area contributed by atoms with E-state index in [1.807, 2.05) is 0 Å². The average Bonchev–Trinajstić information content (AvgIpc) is 2.33. The zero-order valence-corrected chi connectivity index (χ0v) is 10.2. The zero-order valence-electron chi connectivity index (χ0n) is 10.2. The van der Waals surface area contributed by atoms with Crippen LogP contribution in [0.1, 0.15) is 12.8 Å². The van der Waals surface area contributed by atoms with Crippen LogP contribution in [0.4, 0.5) is 4.79 Å². The average molecular weight is 272 g/mol. The molecule has 9 heteroatoms. The van der Waals surface area contributed by atoms with Crippen LogP contribution in [-0.2, 0) is 14.4 Å². The summed E-state index contributed by atoms with van der Waals surface area (Å²) in [7, 11) is 0. The van der Waals surface area contributed by atoms with Crippen molar-refractivity contribution >= 4 is 23.8 Å². The highest BCUT2D eigenvalue weighted by Gasteiger charge is 2.26. The normalized spacial score (nSPS) is 16.4. The topological polar surface area (TPSA) is 142 Å². The van der Waals surface area contributed by atoms with Gasteiger partial charge in [-0.2, -0.15) is 0 Å². The Kier molecular flexibility index (Phi) is 5.10. The lowest BCUT2D eigenvalue weighted by atomic mass is 10.1. The maximum atomic E-state index is 11.8. The second-order valence-corrected chi connectivity index (χ2v) is 4.12. The van der Waals surface area contributed by atoms with E-state index in [0.29, 0.717) is 13.1 Å². The van der Waals surface area contributed by atoms with Gasteiger partial charge < -0.3 is 26.4 Å². The van der Waals surface area contributed by atoms with Gasteiger partial charge in [-0.05, 0) is 6.42 Å². The largest absolute Gasteiger partial charge is 0.480 e. The highest BCUT2D eigenvalue weighted by Crippen LogP contribution is 2.01. The summed E-state index contributed by atoms with van der Waals surface area (Å²) in [5, 5.41) is 13.7. The van der Waals surface area contributed by atoms with E-state index < -0.39 is 23.9 Å². The number of hydrogen-bond acceptors (Lipinski definition) is 4. The van der Waals surface area contributed by atoms with Gasteiger partial charge in [-0.3, -0.25) is 9.59 Å². The van der Waals surface area contributed by atoms with Crippen molar-refractivity contribution in [3.05, 3.63) is 0 Å². The maximum Gasteiger partial charge on any atom is 0.326 e. The number of urea groups is 1. The molecule has 1 aliphatic rings. The predicted molar refractivity (Wildman–Crippen MR) is 63.0 cm³/mol. The summed E-state index contributed by atoms with van der Waals surface area (Å²) in [6.45, 7) is 0.513. The summed E-state index contributed by atoms with van der Waals surface area (Å²) in [5.41, 5.74) is 4.92. The number of nitrogens with two attached hydrogens (primary N) is 1. The number of nitrogens with zero attached hydrogens (tertiary/aromatic N) is 1. The number of nitrogens with one attached hydrogen (secondary N) is 2. The van der Waals surface area contributed by atoms with E-state index in [9.17, 15) is 19.2 Å². The highest BCUT2D eigenvalue weighted by atomic mass is 16.4. The number of carbonyl (C=O) groups excluding carboxylic acids is 3. The predicted octanol–water partition coefficient (Wildman–Crippen LogP) is -2.15. The molecule has 1 rings (SSSR count). The van der Waals surface area contributed by atoms with Gasteiger partial charge in [0.15, 0.2) is 0 Å². The Morgan fingerprint density at radius 2 is 2.16 bits per heavy atom. The van der Waals surface area contributed by atoms with E-state index in [1.54, 1.807) is 0 Å². The molecule has 0 spiro atoms. The molecule has 1 aliphatic heterocycles. The molecular weight excluding hydrogens is 256 g/mol. The molecule has 0 aromatic heterocycles. The van der Waals surface area contributed by atoms with Gasteiger partial charge in [0.2, 0.25) is 11.8 Å². The first-order valence-electron chi connectivity index (χ1n) is 5.73. The van der Waals surface area contributed by atoms with Crippen molar-refractivity contribution in [2.75, 3.05) is 19.6 Å². The summed E-state index contributed by atoms with van der Waals surface area (Å²) in [4.78, 5) is 45.6. The lowest BCUT2D eigenvalue weighted by molar-refractivity contribution is -0.139. The van der Waals surface area contributed by atoms with Crippen molar-refractivity contribution in [3.8, 4) is 0 Å². The Bertz CT molecular complexity index is 397. The summed E-state index contributed by atoms with van der Waals surface area (Å²) in [6.07, 6.45) is -0.228. The second-order valence-electron chi connectivity index (χ2n) is 4.12. The van der Waals surface area contributed by atoms with Gasteiger partial charge in [-0.1, -0.05) is 0 Å². The summed E-state index contributed by atoms with van der Waals surface area (Å²) < 4.78 is 0. The first kappa shape index (κ1) is 14.7. The van der Waals surface area contributed by atoms with Crippen molar-refractivity contribution in [2.45, 2.75) is 18.9 Å². The smallest absolute Gasteiger partial charge is 0.326 e. The Morgan fingerprint density at radius 1 is 1.47 bits per heavy atom. The molecule has 0 bridgehead atoms. The van der Waals surface area contributed by atoms with Crippen molar-refractivity contribution in [3.63, 3.8) is 0 Å². The minimum absolute atomic E-state index is 0.0869. The van der Waals surface area contributed by atoms with Gasteiger partial charge in [-0.15, -0.1) is 0 Å². The molecule has 1 saturated heterocycles. The molecule has 19 heavy (non-hydrogen) atoms. The Morgan fingerprint density at radius 3 is 2.68 bits per heavy atom. The van der Waals surface area contributed by atoms with Gasteiger partial charge in [-0.25, -0.2) is 9.59 Å². The van der Waals surface area contributed by atoms with Crippen molar-refractivity contribution < 1.29 is 24.3 Å². The molecular formula is C10H16N4O5. The van der Waals surface area contributed by atoms with Gasteiger partial charge >= 0.3 is 12.0 Å². The second kappa shape index (κ2) is 6.57. The molecule has 0 aliphatic carbocycles. The molecule has 9 nitrogen and oxygen atoms in total. The minimum atomic E-state index is -1.25. The number of amides is 4. The third kappa shape index (κ3) is 4.82. The molecule has 5 N–H and O–H groups in total. The molecule has 0 aromatic carbocycles. The quantitative estimate of drug-likeness (QED) is 0.451. The van der Waals surface area contributed by atoms with Crippen LogP contribution in [0.15, 0.2) is 0 Å². The van der Waals surface area contributed by atoms with Crippen molar-refractivity contribution in [2.24, 2.45) is 5.73 Å². The molecule has 1 fully saturated rings. The van der Waals surface area contributed by atoms with E-state index in [-0.39, 0.29) is 25.3 Å². The number of carboxylic acid groups (broad SMARTS) is 1. The number of carboxylic acids is 1. The molecule has 0 aromatic rings. The minimum Gasteiger partial charge on any atom is -0.480 e. The van der Waals surface area contributed by atoms with Crippen LogP contribution in [0.3, 0.4) is 0 Å². The highest BCUT2D eigenvalue weighted by molar-refractivity contribution is 5.87. The van der Waals surface area contributed by atoms with E-state index in [2.05, 4.69) is 10.6 Å². The number of carbonyl (C=O) groups is 4. The summed E-state index contributed by atoms with van der Waals surface area (Å²) in [5.74, 6) is -2.20. The lowest BCUT2D eigenvalue weighted by Gasteiger charge is -2.28. The van der Waals surface area contributed by atoms with Crippen LogP contribution >= 0.6 is 0 Å². The van der Waals surface area contributed by atoms with E-state index >= 15 is 0 Å². The number of hydrogen-bond donors (Lipinski definition) is 4. The molecule has 106 valence electrons. The van der Waals surface area contributed by atoms with E-state index in [4.69, 9.17) is 10.8 Å². The molecule has 1 atom stereocenters. The first-order valence-corrected chi connectivity index (χ1v) is 5.73. The number of piperazine rings is 1. The van der Waals surface area contributed by atoms with Gasteiger partial charge in [0.25, 0.3) is 0 Å². The molecule has 0 saturated carbocycles. The van der Waals surface area contributed by atoms with Crippen molar-refractivity contribution in [1.29, 1.82) is 0 Å². The van der Waals surface area contributed by atoms with Crippen LogP contribution in [0.2, 0.25) is 0 Å². The van der Waals surface area contributed by atoms with E-state index in [0.717, 1.165) is 0 Å². The molecule has 1 unspecified atom stereocenters. The monoisotopic (exact) mass is 272 g/mol. The zero-order chi connectivity index (χ0) is 14.4. The van der Waals surface area contributed by atoms with Gasteiger partial charge in [0.1, 0.15) is 12.6 Å². The third-order valence-electron chi connectivity index (χ3n) is 2.60. The SMILES string of the molecule is NC(=O)CCC(NC(=O)N1CCNC(=O)C1)C(=O)O. The fourth-order valence-electron chi connectivity index (χ4n) is 1.60. The van der Waals surface area contributed by atoms with Gasteiger partial charge in [0, 0.05) is 19.5 Å². The maximum absolute atomic E-state index is 11.8. The van der Waals surface area contributed by atoms with E-state index in [1.165, 1.54) is 4.90 Å². The fourth-order valence-corrected chi connectivity index (χ4v) is 1.60. The Hall–Kier alpha value is -2.32. The number of primary amides is 1. The van der Waals surface area contributed by atoms with Crippen LogP contribution in [0.5, 0.6) is 0 Å². The lowest BCUT2D eigenvalue weighted by Crippen LogP contribution is -2.55. The standard InChI is InChI=1S/C10H16N4O5/c11-7(15)2-1-6(9(17)18)13-10(19)14-4-3-12-8(16)5-14/h6H,1-5H2,(H2,11,15)(H,12,16)(H,13,19)(H,17,18). The number of aliphatic carboxylic acids is 1. The van der Waals surface area contributed by atoms with Gasteiger partial charge in [0.05, 0.1) is 0 Å². The van der Waals surface area contributed by atoms with Crippen LogP contribution in [0, 0.1) is 0 Å². The third-order valence-corrected chi connectivity index (χ3v) is 2.60. The summed E-state index contributed by atoms with van der Waals surface area (Å²) >= 11 is 0. The van der Waals surface area contributed by atoms with Crippen LogP contribution in [-0.4, -0.2) is 59.5 Å². The van der Waals surface area contributed by atoms with Crippen molar-refractivity contribution in [1.82, 2.24) is 15.5 Å². The molecule has 0 radical (unpaired) electrons. The molecule has 4 amide bonds. The summed E-state index contributed by atoms with van der Waals surface area (Å²) in [6, 6.07) is -1.85. The fraction of sp³-hybridized carbons (Fsp3) is 0.600. The Labute approximate surface area is 109 Å². The van der Waals surface area contributed by atoms with Crippen LogP contribution in [0.25, 0.3) is 0 Å². The Balaban J connectivity index is 2.52. The first-order chi connectivity index (χ1) is 8.90.